The first kappa shape index (κ1) is 13.0. The predicted octanol–water partition coefficient (Wildman–Crippen LogP) is 3.46. The second-order valence-electron chi connectivity index (χ2n) is 5.08. The molecule has 1 unspecified atom stereocenters. The number of rotatable bonds is 2. The Bertz CT molecular complexity index is 450. The van der Waals surface area contributed by atoms with E-state index in [0.717, 1.165) is 12.1 Å². The fraction of sp³-hybridized carbons (Fsp3) is 0.533. The molecular formula is C15H19FN2. The number of hydrogen-bond acceptors (Lipinski definition) is 2. The zero-order chi connectivity index (χ0) is 13.0. The molecule has 3 heteroatoms. The summed E-state index contributed by atoms with van der Waals surface area (Å²) in [5, 5.41) is 9.07. The highest BCUT2D eigenvalue weighted by Crippen LogP contribution is 2.20. The Balaban J connectivity index is 2.17. The minimum absolute atomic E-state index is 0.258. The molecule has 1 fully saturated rings. The number of halogens is 1. The molecule has 0 aliphatic carbocycles. The standard InChI is InChI=1S/C15H19FN2/c1-12-5-3-2-4-8-18(12)11-14-9-15(16)7-6-13(14)10-17/h6-7,9,12H,2-5,8,11H2,1H3. The average Bonchev–Trinajstić information content (AvgIpc) is 2.55. The van der Waals surface area contributed by atoms with Crippen LogP contribution in [0.15, 0.2) is 18.2 Å². The Labute approximate surface area is 108 Å². The van der Waals surface area contributed by atoms with E-state index in [4.69, 9.17) is 5.26 Å². The first-order valence-corrected chi connectivity index (χ1v) is 6.63. The molecule has 0 aromatic heterocycles. The van der Waals surface area contributed by atoms with Crippen LogP contribution in [0.4, 0.5) is 4.39 Å². The average molecular weight is 246 g/mol. The molecule has 1 aromatic carbocycles. The highest BCUT2D eigenvalue weighted by atomic mass is 19.1. The molecule has 0 bridgehead atoms. The van der Waals surface area contributed by atoms with E-state index in [9.17, 15) is 4.39 Å². The van der Waals surface area contributed by atoms with Gasteiger partial charge in [0.1, 0.15) is 5.82 Å². The molecule has 0 amide bonds. The number of hydrogen-bond donors (Lipinski definition) is 0. The summed E-state index contributed by atoms with van der Waals surface area (Å²) in [6.45, 7) is 3.95. The molecule has 1 aliphatic rings. The molecule has 1 saturated heterocycles. The fourth-order valence-electron chi connectivity index (χ4n) is 2.59. The van der Waals surface area contributed by atoms with E-state index in [-0.39, 0.29) is 5.82 Å². The van der Waals surface area contributed by atoms with Crippen molar-refractivity contribution < 1.29 is 4.39 Å². The van der Waals surface area contributed by atoms with Gasteiger partial charge in [-0.2, -0.15) is 5.26 Å². The van der Waals surface area contributed by atoms with Crippen molar-refractivity contribution >= 4 is 0 Å². The summed E-state index contributed by atoms with van der Waals surface area (Å²) in [4.78, 5) is 2.36. The topological polar surface area (TPSA) is 27.0 Å². The first-order chi connectivity index (χ1) is 8.70. The van der Waals surface area contributed by atoms with E-state index in [0.29, 0.717) is 18.2 Å². The minimum Gasteiger partial charge on any atom is -0.296 e. The number of likely N-dealkylation sites (tertiary alicyclic amines) is 1. The predicted molar refractivity (Wildman–Crippen MR) is 69.5 cm³/mol. The summed E-state index contributed by atoms with van der Waals surface area (Å²) in [5.74, 6) is -0.258. The van der Waals surface area contributed by atoms with Crippen molar-refractivity contribution in [1.82, 2.24) is 4.90 Å². The summed E-state index contributed by atoms with van der Waals surface area (Å²) in [6, 6.07) is 7.09. The number of benzene rings is 1. The molecule has 1 heterocycles. The lowest BCUT2D eigenvalue weighted by molar-refractivity contribution is 0.204. The third kappa shape index (κ3) is 3.08. The third-order valence-electron chi connectivity index (χ3n) is 3.75. The van der Waals surface area contributed by atoms with Crippen LogP contribution in [0, 0.1) is 17.1 Å². The maximum atomic E-state index is 13.3. The Hall–Kier alpha value is -1.40. The van der Waals surface area contributed by atoms with Crippen LogP contribution in [0.25, 0.3) is 0 Å². The van der Waals surface area contributed by atoms with Gasteiger partial charge in [0.15, 0.2) is 0 Å². The van der Waals surface area contributed by atoms with E-state index in [2.05, 4.69) is 17.9 Å². The van der Waals surface area contributed by atoms with Crippen LogP contribution in [-0.2, 0) is 6.54 Å². The molecule has 0 spiro atoms. The van der Waals surface area contributed by atoms with Gasteiger partial charge in [0.05, 0.1) is 11.6 Å². The van der Waals surface area contributed by atoms with E-state index in [1.54, 1.807) is 6.07 Å². The minimum atomic E-state index is -0.258. The van der Waals surface area contributed by atoms with Gasteiger partial charge in [-0.3, -0.25) is 4.90 Å². The summed E-state index contributed by atoms with van der Waals surface area (Å²) < 4.78 is 13.3. The Kier molecular flexibility index (Phi) is 4.33. The van der Waals surface area contributed by atoms with Gasteiger partial charge in [0, 0.05) is 12.6 Å². The Morgan fingerprint density at radius 1 is 1.39 bits per heavy atom. The van der Waals surface area contributed by atoms with Gasteiger partial charge in [-0.1, -0.05) is 12.8 Å². The molecule has 2 nitrogen and oxygen atoms in total. The first-order valence-electron chi connectivity index (χ1n) is 6.63. The highest BCUT2D eigenvalue weighted by Gasteiger charge is 2.18. The van der Waals surface area contributed by atoms with E-state index in [1.165, 1.54) is 37.8 Å². The third-order valence-corrected chi connectivity index (χ3v) is 3.75. The van der Waals surface area contributed by atoms with Crippen LogP contribution in [0.2, 0.25) is 0 Å². The molecule has 1 aromatic rings. The molecule has 1 aliphatic heterocycles. The zero-order valence-corrected chi connectivity index (χ0v) is 10.8. The molecule has 96 valence electrons. The lowest BCUT2D eigenvalue weighted by Crippen LogP contribution is -2.32. The van der Waals surface area contributed by atoms with Crippen LogP contribution in [0.5, 0.6) is 0 Å². The quantitative estimate of drug-likeness (QED) is 0.799. The molecule has 2 rings (SSSR count). The van der Waals surface area contributed by atoms with Gasteiger partial charge in [-0.05, 0) is 50.1 Å². The Morgan fingerprint density at radius 3 is 3.00 bits per heavy atom. The van der Waals surface area contributed by atoms with Crippen LogP contribution < -0.4 is 0 Å². The van der Waals surface area contributed by atoms with Crippen LogP contribution in [-0.4, -0.2) is 17.5 Å². The largest absolute Gasteiger partial charge is 0.296 e. The smallest absolute Gasteiger partial charge is 0.123 e. The maximum Gasteiger partial charge on any atom is 0.123 e. The van der Waals surface area contributed by atoms with Crippen LogP contribution in [0.3, 0.4) is 0 Å². The summed E-state index contributed by atoms with van der Waals surface area (Å²) in [7, 11) is 0. The summed E-state index contributed by atoms with van der Waals surface area (Å²) in [5.41, 5.74) is 1.40. The molecule has 0 saturated carbocycles. The highest BCUT2D eigenvalue weighted by molar-refractivity contribution is 5.37. The summed E-state index contributed by atoms with van der Waals surface area (Å²) >= 11 is 0. The maximum absolute atomic E-state index is 13.3. The number of nitrogens with zero attached hydrogens (tertiary/aromatic N) is 2. The van der Waals surface area contributed by atoms with Gasteiger partial charge >= 0.3 is 0 Å². The van der Waals surface area contributed by atoms with Crippen molar-refractivity contribution in [2.24, 2.45) is 0 Å². The van der Waals surface area contributed by atoms with Crippen molar-refractivity contribution in [3.8, 4) is 6.07 Å². The van der Waals surface area contributed by atoms with Crippen molar-refractivity contribution in [3.05, 3.63) is 35.1 Å². The normalized spacial score (nSPS) is 21.3. The van der Waals surface area contributed by atoms with E-state index >= 15 is 0 Å². The monoisotopic (exact) mass is 246 g/mol. The zero-order valence-electron chi connectivity index (χ0n) is 10.8. The van der Waals surface area contributed by atoms with Gasteiger partial charge < -0.3 is 0 Å². The van der Waals surface area contributed by atoms with E-state index in [1.807, 2.05) is 0 Å². The second kappa shape index (κ2) is 5.97. The van der Waals surface area contributed by atoms with Gasteiger partial charge in [-0.15, -0.1) is 0 Å². The fourth-order valence-corrected chi connectivity index (χ4v) is 2.59. The SMILES string of the molecule is CC1CCCCCN1Cc1cc(F)ccc1C#N. The lowest BCUT2D eigenvalue weighted by atomic mass is 10.1. The lowest BCUT2D eigenvalue weighted by Gasteiger charge is -2.27. The van der Waals surface area contributed by atoms with Crippen molar-refractivity contribution in [2.75, 3.05) is 6.54 Å². The van der Waals surface area contributed by atoms with Crippen LogP contribution in [0.1, 0.15) is 43.7 Å². The molecule has 0 radical (unpaired) electrons. The molecule has 1 atom stereocenters. The van der Waals surface area contributed by atoms with Crippen LogP contribution >= 0.6 is 0 Å². The van der Waals surface area contributed by atoms with Crippen molar-refractivity contribution in [3.63, 3.8) is 0 Å². The van der Waals surface area contributed by atoms with Crippen molar-refractivity contribution in [2.45, 2.75) is 45.2 Å². The molecular weight excluding hydrogens is 227 g/mol. The van der Waals surface area contributed by atoms with Gasteiger partial charge in [0.2, 0.25) is 0 Å². The van der Waals surface area contributed by atoms with Gasteiger partial charge in [0.25, 0.3) is 0 Å². The molecule has 0 N–H and O–H groups in total. The van der Waals surface area contributed by atoms with E-state index < -0.39 is 0 Å². The number of nitriles is 1. The van der Waals surface area contributed by atoms with Gasteiger partial charge in [-0.25, -0.2) is 4.39 Å². The second-order valence-corrected chi connectivity index (χ2v) is 5.08. The van der Waals surface area contributed by atoms with Crippen molar-refractivity contribution in [1.29, 1.82) is 5.26 Å². The molecule has 18 heavy (non-hydrogen) atoms. The summed E-state index contributed by atoms with van der Waals surface area (Å²) in [6.07, 6.45) is 4.93. The Morgan fingerprint density at radius 2 is 2.22 bits per heavy atom.